The van der Waals surface area contributed by atoms with E-state index in [1.165, 1.54) is 16.5 Å². The summed E-state index contributed by atoms with van der Waals surface area (Å²) >= 11 is 0. The molecule has 4 aromatic rings. The second kappa shape index (κ2) is 12.0. The lowest BCUT2D eigenvalue weighted by Gasteiger charge is -2.31. The number of likely N-dealkylation sites (N-methyl/N-ethyl adjacent to an activating group) is 1. The number of nitrogens with zero attached hydrogens (tertiary/aromatic N) is 6. The van der Waals surface area contributed by atoms with E-state index >= 15 is 0 Å². The van der Waals surface area contributed by atoms with Crippen molar-refractivity contribution >= 4 is 41.0 Å². The van der Waals surface area contributed by atoms with Gasteiger partial charge in [0, 0.05) is 33.3 Å². The summed E-state index contributed by atoms with van der Waals surface area (Å²) < 4.78 is 3.12. The van der Waals surface area contributed by atoms with Crippen molar-refractivity contribution in [1.29, 1.82) is 0 Å². The molecule has 0 spiro atoms. The molecule has 2 aliphatic rings. The summed E-state index contributed by atoms with van der Waals surface area (Å²) in [6.45, 7) is 1.99. The van der Waals surface area contributed by atoms with Gasteiger partial charge in [0.1, 0.15) is 11.7 Å². The van der Waals surface area contributed by atoms with Crippen molar-refractivity contribution < 1.29 is 28.8 Å². The van der Waals surface area contributed by atoms with Crippen molar-refractivity contribution in [2.75, 3.05) is 13.6 Å². The SMILES string of the molecule is CNC(=O)C(c1c(C)cnn1C)N(CCCc1ccc2c(c1)C(=O)N(C1CCC(=O)NC1=O)C2=O)C(=O)c1ccc2cccnn12. The minimum absolute atomic E-state index is 0.0365. The number of aryl methyl sites for hydroxylation is 3. The van der Waals surface area contributed by atoms with Crippen LogP contribution in [0, 0.1) is 6.92 Å². The summed E-state index contributed by atoms with van der Waals surface area (Å²) in [6, 6.07) is 9.92. The predicted octanol–water partition coefficient (Wildman–Crippen LogP) is 1.34. The second-order valence-electron chi connectivity index (χ2n) is 11.4. The molecular weight excluding hydrogens is 592 g/mol. The molecule has 0 bridgehead atoms. The first kappa shape index (κ1) is 30.4. The Morgan fingerprint density at radius 2 is 1.85 bits per heavy atom. The Morgan fingerprint density at radius 3 is 2.57 bits per heavy atom. The van der Waals surface area contributed by atoms with E-state index in [2.05, 4.69) is 20.8 Å². The van der Waals surface area contributed by atoms with E-state index < -0.39 is 41.6 Å². The molecule has 14 heteroatoms. The van der Waals surface area contributed by atoms with Crippen LogP contribution in [0.4, 0.5) is 0 Å². The molecule has 6 rings (SSSR count). The number of benzene rings is 1. The van der Waals surface area contributed by atoms with Crippen LogP contribution in [-0.2, 0) is 27.9 Å². The molecular formula is C32H32N8O6. The third-order valence-electron chi connectivity index (χ3n) is 8.51. The highest BCUT2D eigenvalue weighted by Gasteiger charge is 2.44. The summed E-state index contributed by atoms with van der Waals surface area (Å²) in [5.74, 6) is -3.06. The number of aromatic nitrogens is 4. The summed E-state index contributed by atoms with van der Waals surface area (Å²) in [6.07, 6.45) is 4.15. The van der Waals surface area contributed by atoms with Crippen LogP contribution in [0.5, 0.6) is 0 Å². The van der Waals surface area contributed by atoms with Gasteiger partial charge < -0.3 is 10.2 Å². The number of hydrogen-bond acceptors (Lipinski definition) is 8. The first-order valence-corrected chi connectivity index (χ1v) is 14.9. The molecule has 2 unspecified atom stereocenters. The summed E-state index contributed by atoms with van der Waals surface area (Å²) in [5.41, 5.74) is 3.43. The lowest BCUT2D eigenvalue weighted by Crippen LogP contribution is -2.54. The Balaban J connectivity index is 1.27. The van der Waals surface area contributed by atoms with E-state index in [0.717, 1.165) is 21.5 Å². The van der Waals surface area contributed by atoms with Gasteiger partial charge in [-0.2, -0.15) is 10.2 Å². The van der Waals surface area contributed by atoms with E-state index in [1.54, 1.807) is 60.5 Å². The van der Waals surface area contributed by atoms with Crippen LogP contribution in [0.25, 0.3) is 5.52 Å². The molecule has 1 aromatic carbocycles. The monoisotopic (exact) mass is 624 g/mol. The van der Waals surface area contributed by atoms with Crippen molar-refractivity contribution in [2.45, 2.75) is 44.7 Å². The van der Waals surface area contributed by atoms with Crippen LogP contribution in [-0.4, -0.2) is 84.3 Å². The smallest absolute Gasteiger partial charge is 0.273 e. The van der Waals surface area contributed by atoms with Crippen LogP contribution < -0.4 is 10.6 Å². The van der Waals surface area contributed by atoms with Gasteiger partial charge in [0.2, 0.25) is 17.7 Å². The van der Waals surface area contributed by atoms with Crippen molar-refractivity contribution in [1.82, 2.24) is 39.8 Å². The number of carbonyl (C=O) groups is 6. The lowest BCUT2D eigenvalue weighted by atomic mass is 10.0. The van der Waals surface area contributed by atoms with Crippen molar-refractivity contribution in [3.63, 3.8) is 0 Å². The highest BCUT2D eigenvalue weighted by molar-refractivity contribution is 6.23. The quantitative estimate of drug-likeness (QED) is 0.263. The molecule has 236 valence electrons. The first-order valence-electron chi connectivity index (χ1n) is 14.9. The molecule has 0 saturated carbocycles. The van der Waals surface area contributed by atoms with Crippen molar-refractivity contribution in [2.24, 2.45) is 7.05 Å². The fourth-order valence-electron chi connectivity index (χ4n) is 6.23. The molecule has 0 aliphatic carbocycles. The maximum Gasteiger partial charge on any atom is 0.273 e. The van der Waals surface area contributed by atoms with Crippen LogP contribution in [0.3, 0.4) is 0 Å². The topological polar surface area (TPSA) is 168 Å². The summed E-state index contributed by atoms with van der Waals surface area (Å²) in [4.78, 5) is 80.5. The van der Waals surface area contributed by atoms with Crippen molar-refractivity contribution in [3.05, 3.63) is 88.5 Å². The van der Waals surface area contributed by atoms with Crippen molar-refractivity contribution in [3.8, 4) is 0 Å². The van der Waals surface area contributed by atoms with Gasteiger partial charge >= 0.3 is 0 Å². The molecule has 6 amide bonds. The van der Waals surface area contributed by atoms with Gasteiger partial charge in [-0.1, -0.05) is 6.07 Å². The number of nitrogens with one attached hydrogen (secondary N) is 2. The molecule has 2 N–H and O–H groups in total. The fourth-order valence-corrected chi connectivity index (χ4v) is 6.23. The molecule has 1 saturated heterocycles. The van der Waals surface area contributed by atoms with Crippen LogP contribution in [0.1, 0.15) is 73.3 Å². The molecule has 2 aliphatic heterocycles. The van der Waals surface area contributed by atoms with Gasteiger partial charge in [-0.05, 0) is 73.7 Å². The largest absolute Gasteiger partial charge is 0.357 e. The average Bonchev–Trinajstić information content (AvgIpc) is 3.70. The highest BCUT2D eigenvalue weighted by atomic mass is 16.2. The van der Waals surface area contributed by atoms with Gasteiger partial charge in [-0.25, -0.2) is 4.52 Å². The number of carbonyl (C=O) groups excluding carboxylic acids is 6. The van der Waals surface area contributed by atoms with E-state index in [-0.39, 0.29) is 36.4 Å². The zero-order valence-corrected chi connectivity index (χ0v) is 25.5. The third kappa shape index (κ3) is 5.21. The standard InChI is InChI=1S/C32H32N8O6/c1-18-17-35-37(3)26(18)27(29(43)33-2)38(32(46)24-11-9-20-7-4-14-34-40(20)24)15-5-6-19-8-10-21-22(16-19)31(45)39(30(21)44)23-12-13-25(41)36-28(23)42/h4,7-11,14,16-17,23,27H,5-6,12-13,15H2,1-3H3,(H,33,43)(H,36,41,42). The van der Waals surface area contributed by atoms with E-state index in [1.807, 2.05) is 13.0 Å². The number of hydrogen-bond donors (Lipinski definition) is 2. The third-order valence-corrected chi connectivity index (χ3v) is 8.51. The maximum atomic E-state index is 14.2. The number of fused-ring (bicyclic) bond motifs is 2. The molecule has 0 radical (unpaired) electrons. The Hall–Kier alpha value is -5.66. The minimum atomic E-state index is -1.05. The van der Waals surface area contributed by atoms with Gasteiger partial charge in [0.25, 0.3) is 17.7 Å². The number of amides is 6. The first-order chi connectivity index (χ1) is 22.1. The number of rotatable bonds is 9. The summed E-state index contributed by atoms with van der Waals surface area (Å²) in [7, 11) is 3.23. The molecule has 1 fully saturated rings. The van der Waals surface area contributed by atoms with Gasteiger partial charge in [0.05, 0.1) is 28.5 Å². The van der Waals surface area contributed by atoms with E-state index in [9.17, 15) is 28.8 Å². The average molecular weight is 625 g/mol. The van der Waals surface area contributed by atoms with Gasteiger partial charge in [-0.3, -0.25) is 43.7 Å². The molecule has 5 heterocycles. The Bertz CT molecular complexity index is 1910. The zero-order chi connectivity index (χ0) is 32.7. The maximum absolute atomic E-state index is 14.2. The molecule has 14 nitrogen and oxygen atoms in total. The Morgan fingerprint density at radius 1 is 1.07 bits per heavy atom. The fraction of sp³-hybridized carbons (Fsp3) is 0.312. The minimum Gasteiger partial charge on any atom is -0.357 e. The van der Waals surface area contributed by atoms with E-state index in [4.69, 9.17) is 0 Å². The lowest BCUT2D eigenvalue weighted by molar-refractivity contribution is -0.136. The van der Waals surface area contributed by atoms with Crippen LogP contribution in [0.15, 0.2) is 54.9 Å². The van der Waals surface area contributed by atoms with Gasteiger partial charge in [-0.15, -0.1) is 0 Å². The molecule has 2 atom stereocenters. The Labute approximate surface area is 263 Å². The zero-order valence-electron chi connectivity index (χ0n) is 25.5. The second-order valence-corrected chi connectivity index (χ2v) is 11.4. The normalized spacial score (nSPS) is 16.8. The van der Waals surface area contributed by atoms with Crippen LogP contribution >= 0.6 is 0 Å². The van der Waals surface area contributed by atoms with Gasteiger partial charge in [0.15, 0.2) is 6.04 Å². The van der Waals surface area contributed by atoms with Crippen LogP contribution in [0.2, 0.25) is 0 Å². The predicted molar refractivity (Wildman–Crippen MR) is 162 cm³/mol. The highest BCUT2D eigenvalue weighted by Crippen LogP contribution is 2.30. The van der Waals surface area contributed by atoms with E-state index in [0.29, 0.717) is 24.2 Å². The summed E-state index contributed by atoms with van der Waals surface area (Å²) in [5, 5.41) is 13.5. The molecule has 46 heavy (non-hydrogen) atoms. The number of imide groups is 2. The molecule has 3 aromatic heterocycles. The number of piperidine rings is 1. The Kier molecular flexibility index (Phi) is 7.94.